The summed E-state index contributed by atoms with van der Waals surface area (Å²) in [7, 11) is 0. The zero-order valence-electron chi connectivity index (χ0n) is 8.04. The highest BCUT2D eigenvalue weighted by molar-refractivity contribution is 5.85. The van der Waals surface area contributed by atoms with Crippen LogP contribution in [0.1, 0.15) is 18.9 Å². The van der Waals surface area contributed by atoms with E-state index in [0.717, 1.165) is 24.3 Å². The first-order valence-corrected chi connectivity index (χ1v) is 4.30. The van der Waals surface area contributed by atoms with Gasteiger partial charge in [-0.1, -0.05) is 25.1 Å². The largest absolute Gasteiger partial charge is 0.408 e. The van der Waals surface area contributed by atoms with E-state index in [9.17, 15) is 0 Å². The van der Waals surface area contributed by atoms with Crippen molar-refractivity contribution in [2.24, 2.45) is 0 Å². The number of nitrogens with one attached hydrogen (secondary N) is 1. The summed E-state index contributed by atoms with van der Waals surface area (Å²) in [6.45, 7) is 5.02. The number of hydrogen-bond donors (Lipinski definition) is 1. The Morgan fingerprint density at radius 2 is 2.00 bits per heavy atom. The van der Waals surface area contributed by atoms with Crippen molar-refractivity contribution in [2.45, 2.75) is 20.3 Å². The third-order valence-electron chi connectivity index (χ3n) is 1.63. The van der Waals surface area contributed by atoms with Gasteiger partial charge in [-0.25, -0.2) is 0 Å². The van der Waals surface area contributed by atoms with E-state index >= 15 is 0 Å². The minimum Gasteiger partial charge on any atom is -0.408 e. The number of aryl methyl sites for hydroxylation is 1. The second-order valence-corrected chi connectivity index (χ2v) is 2.76. The van der Waals surface area contributed by atoms with Gasteiger partial charge in [-0.2, -0.15) is 5.48 Å². The second-order valence-electron chi connectivity index (χ2n) is 2.76. The van der Waals surface area contributed by atoms with E-state index < -0.39 is 0 Å². The molecule has 0 amide bonds. The molecular weight excluding hydrogens is 186 g/mol. The molecule has 0 aliphatic rings. The number of halogens is 1. The van der Waals surface area contributed by atoms with Crippen LogP contribution < -0.4 is 10.3 Å². The number of rotatable bonds is 4. The van der Waals surface area contributed by atoms with E-state index in [1.54, 1.807) is 0 Å². The van der Waals surface area contributed by atoms with E-state index in [1.165, 1.54) is 0 Å². The Labute approximate surface area is 85.7 Å². The van der Waals surface area contributed by atoms with Gasteiger partial charge in [0.1, 0.15) is 5.75 Å². The molecule has 0 heterocycles. The van der Waals surface area contributed by atoms with Crippen molar-refractivity contribution in [1.82, 2.24) is 5.48 Å². The van der Waals surface area contributed by atoms with Gasteiger partial charge in [0.15, 0.2) is 0 Å². The van der Waals surface area contributed by atoms with Crippen molar-refractivity contribution in [2.75, 3.05) is 6.54 Å². The van der Waals surface area contributed by atoms with Gasteiger partial charge >= 0.3 is 0 Å². The maximum atomic E-state index is 5.33. The highest BCUT2D eigenvalue weighted by atomic mass is 35.5. The summed E-state index contributed by atoms with van der Waals surface area (Å²) in [5.41, 5.74) is 4.05. The topological polar surface area (TPSA) is 21.3 Å². The zero-order valence-corrected chi connectivity index (χ0v) is 8.86. The van der Waals surface area contributed by atoms with Gasteiger partial charge in [0.25, 0.3) is 0 Å². The summed E-state index contributed by atoms with van der Waals surface area (Å²) in [6.07, 6.45) is 1.08. The van der Waals surface area contributed by atoms with E-state index in [0.29, 0.717) is 0 Å². The number of hydroxylamine groups is 1. The Hall–Kier alpha value is -0.730. The van der Waals surface area contributed by atoms with Crippen LogP contribution in [-0.2, 0) is 0 Å². The Morgan fingerprint density at radius 1 is 1.31 bits per heavy atom. The van der Waals surface area contributed by atoms with Crippen LogP contribution in [0.2, 0.25) is 0 Å². The van der Waals surface area contributed by atoms with Crippen LogP contribution in [0.25, 0.3) is 0 Å². The fourth-order valence-electron chi connectivity index (χ4n) is 0.902. The lowest BCUT2D eigenvalue weighted by atomic mass is 10.2. The molecule has 1 rings (SSSR count). The molecule has 0 saturated heterocycles. The summed E-state index contributed by atoms with van der Waals surface area (Å²) < 4.78 is 0. The lowest BCUT2D eigenvalue weighted by Crippen LogP contribution is -2.19. The fourth-order valence-corrected chi connectivity index (χ4v) is 0.902. The summed E-state index contributed by atoms with van der Waals surface area (Å²) in [4.78, 5) is 5.33. The van der Waals surface area contributed by atoms with Gasteiger partial charge in [0, 0.05) is 6.54 Å². The van der Waals surface area contributed by atoms with Gasteiger partial charge in [-0.05, 0) is 25.0 Å². The second kappa shape index (κ2) is 6.75. The van der Waals surface area contributed by atoms with Gasteiger partial charge in [0.2, 0.25) is 0 Å². The number of hydrogen-bond acceptors (Lipinski definition) is 2. The molecule has 74 valence electrons. The lowest BCUT2D eigenvalue weighted by molar-refractivity contribution is 0.195. The van der Waals surface area contributed by atoms with Crippen molar-refractivity contribution in [3.05, 3.63) is 29.8 Å². The molecule has 1 aromatic carbocycles. The van der Waals surface area contributed by atoms with Gasteiger partial charge < -0.3 is 4.84 Å². The average Bonchev–Trinajstić information content (AvgIpc) is 2.09. The molecule has 1 N–H and O–H groups in total. The fraction of sp³-hybridized carbons (Fsp3) is 0.400. The molecule has 0 aliphatic heterocycles. The molecule has 13 heavy (non-hydrogen) atoms. The van der Waals surface area contributed by atoms with Crippen LogP contribution in [0.4, 0.5) is 0 Å². The molecule has 0 aromatic heterocycles. The molecule has 0 atom stereocenters. The molecule has 0 unspecified atom stereocenters. The van der Waals surface area contributed by atoms with Crippen LogP contribution >= 0.6 is 12.4 Å². The molecule has 0 radical (unpaired) electrons. The number of benzene rings is 1. The van der Waals surface area contributed by atoms with Crippen molar-refractivity contribution in [3.63, 3.8) is 0 Å². The van der Waals surface area contributed by atoms with Crippen molar-refractivity contribution in [3.8, 4) is 5.75 Å². The van der Waals surface area contributed by atoms with E-state index in [2.05, 4.69) is 12.4 Å². The summed E-state index contributed by atoms with van der Waals surface area (Å²) >= 11 is 0. The Bertz CT molecular complexity index is 240. The van der Waals surface area contributed by atoms with Gasteiger partial charge in [-0.15, -0.1) is 12.4 Å². The maximum Gasteiger partial charge on any atom is 0.150 e. The molecule has 0 saturated carbocycles. The van der Waals surface area contributed by atoms with Crippen LogP contribution in [0, 0.1) is 6.92 Å². The van der Waals surface area contributed by atoms with E-state index in [4.69, 9.17) is 4.84 Å². The summed E-state index contributed by atoms with van der Waals surface area (Å²) in [5, 5.41) is 0. The molecule has 3 heteroatoms. The first kappa shape index (κ1) is 12.3. The van der Waals surface area contributed by atoms with Gasteiger partial charge in [0.05, 0.1) is 0 Å². The highest BCUT2D eigenvalue weighted by Crippen LogP contribution is 2.14. The number of para-hydroxylation sites is 1. The smallest absolute Gasteiger partial charge is 0.150 e. The summed E-state index contributed by atoms with van der Waals surface area (Å²) in [6, 6.07) is 7.96. The first-order chi connectivity index (χ1) is 5.84. The van der Waals surface area contributed by atoms with Crippen LogP contribution in [0.5, 0.6) is 5.75 Å². The predicted molar refractivity (Wildman–Crippen MR) is 57.3 cm³/mol. The minimum atomic E-state index is 0. The normalized spacial score (nSPS) is 9.08. The monoisotopic (exact) mass is 201 g/mol. The SMILES string of the molecule is CCCNOc1ccccc1C.Cl. The standard InChI is InChI=1S/C10H15NO.ClH/c1-3-8-11-12-10-7-5-4-6-9(10)2;/h4-7,11H,3,8H2,1-2H3;1H. The van der Waals surface area contributed by atoms with Gasteiger partial charge in [-0.3, -0.25) is 0 Å². The first-order valence-electron chi connectivity index (χ1n) is 4.30. The summed E-state index contributed by atoms with van der Waals surface area (Å²) in [5.74, 6) is 0.908. The third kappa shape index (κ3) is 4.15. The third-order valence-corrected chi connectivity index (χ3v) is 1.63. The van der Waals surface area contributed by atoms with Crippen molar-refractivity contribution in [1.29, 1.82) is 0 Å². The van der Waals surface area contributed by atoms with Crippen LogP contribution in [-0.4, -0.2) is 6.54 Å². The average molecular weight is 202 g/mol. The molecule has 0 aliphatic carbocycles. The van der Waals surface area contributed by atoms with Crippen LogP contribution in [0.15, 0.2) is 24.3 Å². The maximum absolute atomic E-state index is 5.33. The molecule has 1 aromatic rings. The molecule has 2 nitrogen and oxygen atoms in total. The van der Waals surface area contributed by atoms with Crippen LogP contribution in [0.3, 0.4) is 0 Å². The van der Waals surface area contributed by atoms with Crippen molar-refractivity contribution < 1.29 is 4.84 Å². The molecule has 0 fully saturated rings. The Balaban J connectivity index is 0.00000144. The quantitative estimate of drug-likeness (QED) is 0.598. The molecular formula is C10H16ClNO. The minimum absolute atomic E-state index is 0. The molecule has 0 bridgehead atoms. The highest BCUT2D eigenvalue weighted by Gasteiger charge is 1.95. The van der Waals surface area contributed by atoms with Crippen molar-refractivity contribution >= 4 is 12.4 Å². The zero-order chi connectivity index (χ0) is 8.81. The molecule has 0 spiro atoms. The lowest BCUT2D eigenvalue weighted by Gasteiger charge is -2.07. The Kier molecular flexibility index (Phi) is 6.37. The van der Waals surface area contributed by atoms with E-state index in [-0.39, 0.29) is 12.4 Å². The predicted octanol–water partition coefficient (Wildman–Crippen LogP) is 2.71. The Morgan fingerprint density at radius 3 is 2.62 bits per heavy atom. The van der Waals surface area contributed by atoms with E-state index in [1.807, 2.05) is 31.2 Å².